The normalized spacial score (nSPS) is 14.4. The second kappa shape index (κ2) is 7.61. The first kappa shape index (κ1) is 19.2. The molecule has 0 spiro atoms. The van der Waals surface area contributed by atoms with Crippen LogP contribution in [0.4, 0.5) is 11.4 Å². The van der Waals surface area contributed by atoms with Gasteiger partial charge in [-0.25, -0.2) is 0 Å². The lowest BCUT2D eigenvalue weighted by atomic mass is 10.0. The number of amides is 2. The van der Waals surface area contributed by atoms with Gasteiger partial charge in [0.15, 0.2) is 0 Å². The molecule has 0 unspecified atom stereocenters. The molecule has 1 aliphatic carbocycles. The molecule has 0 atom stereocenters. The van der Waals surface area contributed by atoms with Crippen molar-refractivity contribution in [2.75, 3.05) is 17.7 Å². The number of carbonyl (C=O) groups excluding carboxylic acids is 2. The first-order chi connectivity index (χ1) is 12.9. The van der Waals surface area contributed by atoms with Crippen LogP contribution in [0.3, 0.4) is 0 Å². The first-order valence-electron chi connectivity index (χ1n) is 8.95. The van der Waals surface area contributed by atoms with Crippen molar-refractivity contribution < 1.29 is 14.3 Å². The summed E-state index contributed by atoms with van der Waals surface area (Å²) in [7, 11) is 1.51. The summed E-state index contributed by atoms with van der Waals surface area (Å²) in [5, 5.41) is 6.25. The van der Waals surface area contributed by atoms with Crippen molar-refractivity contribution in [3.8, 4) is 5.75 Å². The fraction of sp³-hybridized carbons (Fsp3) is 0.333. The quantitative estimate of drug-likeness (QED) is 0.714. The number of halogens is 1. The highest BCUT2D eigenvalue weighted by Crippen LogP contribution is 2.48. The van der Waals surface area contributed by atoms with Crippen LogP contribution in [-0.4, -0.2) is 18.9 Å². The Labute approximate surface area is 164 Å². The second-order valence-electron chi connectivity index (χ2n) is 6.84. The molecule has 3 rings (SSSR count). The summed E-state index contributed by atoms with van der Waals surface area (Å²) in [5.41, 5.74) is 2.17. The molecule has 1 saturated carbocycles. The van der Waals surface area contributed by atoms with Crippen molar-refractivity contribution in [3.63, 3.8) is 0 Å². The van der Waals surface area contributed by atoms with E-state index in [-0.39, 0.29) is 11.8 Å². The van der Waals surface area contributed by atoms with Gasteiger partial charge < -0.3 is 15.4 Å². The van der Waals surface area contributed by atoms with Gasteiger partial charge in [0.2, 0.25) is 11.8 Å². The molecule has 142 valence electrons. The van der Waals surface area contributed by atoms with E-state index < -0.39 is 5.41 Å². The van der Waals surface area contributed by atoms with E-state index >= 15 is 0 Å². The third-order valence-corrected chi connectivity index (χ3v) is 5.38. The second-order valence-corrected chi connectivity index (χ2v) is 7.25. The van der Waals surface area contributed by atoms with Crippen molar-refractivity contribution >= 4 is 34.8 Å². The van der Waals surface area contributed by atoms with Crippen LogP contribution in [0.15, 0.2) is 36.4 Å². The maximum absolute atomic E-state index is 12.8. The number of hydrogen-bond acceptors (Lipinski definition) is 3. The number of nitrogens with one attached hydrogen (secondary N) is 2. The van der Waals surface area contributed by atoms with Crippen LogP contribution >= 0.6 is 11.6 Å². The SMILES string of the molecule is CCc1ccc(NC(=O)C2(C(=O)Nc3cc(C)c(Cl)cc3OC)CC2)cc1. The Balaban J connectivity index is 1.74. The van der Waals surface area contributed by atoms with E-state index in [0.717, 1.165) is 12.0 Å². The van der Waals surface area contributed by atoms with Crippen LogP contribution in [0.1, 0.15) is 30.9 Å². The summed E-state index contributed by atoms with van der Waals surface area (Å²) in [6, 6.07) is 11.1. The first-order valence-corrected chi connectivity index (χ1v) is 9.33. The molecule has 2 amide bonds. The van der Waals surface area contributed by atoms with Crippen LogP contribution in [0.25, 0.3) is 0 Å². The Morgan fingerprint density at radius 2 is 1.74 bits per heavy atom. The van der Waals surface area contributed by atoms with Gasteiger partial charge in [0.1, 0.15) is 11.2 Å². The van der Waals surface area contributed by atoms with E-state index in [1.54, 1.807) is 12.1 Å². The van der Waals surface area contributed by atoms with Crippen LogP contribution in [-0.2, 0) is 16.0 Å². The van der Waals surface area contributed by atoms with Gasteiger partial charge >= 0.3 is 0 Å². The third-order valence-electron chi connectivity index (χ3n) is 4.97. The zero-order valence-corrected chi connectivity index (χ0v) is 16.4. The minimum absolute atomic E-state index is 0.283. The highest BCUT2D eigenvalue weighted by Gasteiger charge is 2.56. The number of ether oxygens (including phenoxy) is 1. The smallest absolute Gasteiger partial charge is 0.240 e. The molecule has 1 fully saturated rings. The maximum atomic E-state index is 12.8. The van der Waals surface area contributed by atoms with E-state index in [9.17, 15) is 9.59 Å². The summed E-state index contributed by atoms with van der Waals surface area (Å²) in [5.74, 6) is -0.149. The molecule has 0 heterocycles. The van der Waals surface area contributed by atoms with Crippen molar-refractivity contribution in [2.24, 2.45) is 5.41 Å². The zero-order chi connectivity index (χ0) is 19.6. The summed E-state index contributed by atoms with van der Waals surface area (Å²) in [6.07, 6.45) is 1.97. The van der Waals surface area contributed by atoms with E-state index in [2.05, 4.69) is 17.6 Å². The number of hydrogen-bond donors (Lipinski definition) is 2. The topological polar surface area (TPSA) is 67.4 Å². The molecule has 27 heavy (non-hydrogen) atoms. The largest absolute Gasteiger partial charge is 0.495 e. The zero-order valence-electron chi connectivity index (χ0n) is 15.7. The Morgan fingerprint density at radius 1 is 1.11 bits per heavy atom. The molecule has 2 aromatic rings. The number of anilines is 2. The molecule has 2 N–H and O–H groups in total. The Bertz CT molecular complexity index is 874. The highest BCUT2D eigenvalue weighted by atomic mass is 35.5. The van der Waals surface area contributed by atoms with Crippen LogP contribution in [0.5, 0.6) is 5.75 Å². The van der Waals surface area contributed by atoms with Crippen molar-refractivity contribution in [2.45, 2.75) is 33.1 Å². The van der Waals surface area contributed by atoms with Gasteiger partial charge in [-0.15, -0.1) is 0 Å². The molecule has 2 aromatic carbocycles. The molecule has 0 bridgehead atoms. The molecule has 5 nitrogen and oxygen atoms in total. The van der Waals surface area contributed by atoms with E-state index in [0.29, 0.717) is 35.0 Å². The summed E-state index contributed by atoms with van der Waals surface area (Å²) < 4.78 is 5.29. The van der Waals surface area contributed by atoms with Crippen molar-refractivity contribution in [1.29, 1.82) is 0 Å². The lowest BCUT2D eigenvalue weighted by Crippen LogP contribution is -2.35. The lowest BCUT2D eigenvalue weighted by Gasteiger charge is -2.17. The lowest BCUT2D eigenvalue weighted by molar-refractivity contribution is -0.131. The van der Waals surface area contributed by atoms with Gasteiger partial charge in [-0.3, -0.25) is 9.59 Å². The molecule has 0 aliphatic heterocycles. The van der Waals surface area contributed by atoms with Gasteiger partial charge in [0, 0.05) is 16.8 Å². The third kappa shape index (κ3) is 3.93. The van der Waals surface area contributed by atoms with Crippen LogP contribution in [0, 0.1) is 12.3 Å². The van der Waals surface area contributed by atoms with Gasteiger partial charge in [-0.05, 0) is 55.5 Å². The number of rotatable bonds is 6. The number of carbonyl (C=O) groups is 2. The number of methoxy groups -OCH3 is 1. The Hall–Kier alpha value is -2.53. The van der Waals surface area contributed by atoms with Crippen LogP contribution in [0.2, 0.25) is 5.02 Å². The van der Waals surface area contributed by atoms with Crippen LogP contribution < -0.4 is 15.4 Å². The summed E-state index contributed by atoms with van der Waals surface area (Å²) in [4.78, 5) is 25.6. The minimum Gasteiger partial charge on any atom is -0.495 e. The molecule has 0 saturated heterocycles. The molecular formula is C21H23ClN2O3. The van der Waals surface area contributed by atoms with Gasteiger partial charge in [-0.1, -0.05) is 30.7 Å². The fourth-order valence-corrected chi connectivity index (χ4v) is 3.08. The van der Waals surface area contributed by atoms with Gasteiger partial charge in [0.25, 0.3) is 0 Å². The van der Waals surface area contributed by atoms with Gasteiger partial charge in [-0.2, -0.15) is 0 Å². The van der Waals surface area contributed by atoms with E-state index in [1.165, 1.54) is 12.7 Å². The maximum Gasteiger partial charge on any atom is 0.240 e. The monoisotopic (exact) mass is 386 g/mol. The molecule has 1 aliphatic rings. The average Bonchev–Trinajstić information content (AvgIpc) is 3.47. The number of aryl methyl sites for hydroxylation is 2. The molecular weight excluding hydrogens is 364 g/mol. The van der Waals surface area contributed by atoms with E-state index in [4.69, 9.17) is 16.3 Å². The average molecular weight is 387 g/mol. The standard InChI is InChI=1S/C21H23ClN2O3/c1-4-14-5-7-15(8-6-14)23-19(25)21(9-10-21)20(26)24-17-11-13(2)16(22)12-18(17)27-3/h5-8,11-12H,4,9-10H2,1-3H3,(H,23,25)(H,24,26). The Morgan fingerprint density at radius 3 is 2.30 bits per heavy atom. The van der Waals surface area contributed by atoms with Crippen molar-refractivity contribution in [1.82, 2.24) is 0 Å². The minimum atomic E-state index is -1.04. The molecule has 0 radical (unpaired) electrons. The molecule has 6 heteroatoms. The predicted octanol–water partition coefficient (Wildman–Crippen LogP) is 4.58. The summed E-state index contributed by atoms with van der Waals surface area (Å²) in [6.45, 7) is 3.92. The predicted molar refractivity (Wildman–Crippen MR) is 107 cm³/mol. The number of benzene rings is 2. The molecule has 0 aromatic heterocycles. The van der Waals surface area contributed by atoms with E-state index in [1.807, 2.05) is 31.2 Å². The Kier molecular flexibility index (Phi) is 5.42. The van der Waals surface area contributed by atoms with Gasteiger partial charge in [0.05, 0.1) is 12.8 Å². The fourth-order valence-electron chi connectivity index (χ4n) is 2.93. The summed E-state index contributed by atoms with van der Waals surface area (Å²) >= 11 is 6.11. The highest BCUT2D eigenvalue weighted by molar-refractivity contribution is 6.31. The van der Waals surface area contributed by atoms with Crippen molar-refractivity contribution in [3.05, 3.63) is 52.5 Å².